The molecule has 1 aliphatic heterocycles. The molecule has 0 aromatic carbocycles. The van der Waals surface area contributed by atoms with E-state index in [2.05, 4.69) is 27.7 Å². The van der Waals surface area contributed by atoms with Crippen molar-refractivity contribution in [3.05, 3.63) is 0 Å². The summed E-state index contributed by atoms with van der Waals surface area (Å²) < 4.78 is 0. The molecule has 1 atom stereocenters. The van der Waals surface area contributed by atoms with E-state index in [1.807, 2.05) is 4.90 Å². The van der Waals surface area contributed by atoms with Gasteiger partial charge in [-0.15, -0.1) is 0 Å². The lowest BCUT2D eigenvalue weighted by molar-refractivity contribution is -0.136. The van der Waals surface area contributed by atoms with Crippen LogP contribution in [-0.4, -0.2) is 29.9 Å². The molecule has 15 heavy (non-hydrogen) atoms. The van der Waals surface area contributed by atoms with Crippen molar-refractivity contribution >= 4 is 5.91 Å². The molecule has 0 aliphatic carbocycles. The molecule has 0 aromatic heterocycles. The van der Waals surface area contributed by atoms with Gasteiger partial charge in [0.15, 0.2) is 0 Å². The molecule has 0 spiro atoms. The highest BCUT2D eigenvalue weighted by molar-refractivity contribution is 5.82. The summed E-state index contributed by atoms with van der Waals surface area (Å²) in [6.45, 7) is 10.5. The minimum atomic E-state index is -0.262. The maximum atomic E-state index is 11.8. The molecule has 0 saturated carbocycles. The van der Waals surface area contributed by atoms with Gasteiger partial charge in [0.1, 0.15) is 0 Å². The maximum Gasteiger partial charge on any atom is 0.239 e. The first-order valence-corrected chi connectivity index (χ1v) is 5.89. The molecule has 2 N–H and O–H groups in total. The second-order valence-corrected chi connectivity index (χ2v) is 5.65. The highest BCUT2D eigenvalue weighted by Crippen LogP contribution is 2.28. The number of likely N-dealkylation sites (tertiary alicyclic amines) is 1. The summed E-state index contributed by atoms with van der Waals surface area (Å²) in [5, 5.41) is 0. The zero-order valence-corrected chi connectivity index (χ0v) is 10.4. The molecule has 0 aromatic rings. The molecule has 3 heteroatoms. The summed E-state index contributed by atoms with van der Waals surface area (Å²) in [4.78, 5) is 13.8. The Morgan fingerprint density at radius 3 is 2.67 bits per heavy atom. The first-order valence-electron chi connectivity index (χ1n) is 5.89. The number of carbonyl (C=O) groups is 1. The van der Waals surface area contributed by atoms with Crippen molar-refractivity contribution in [3.8, 4) is 0 Å². The number of piperidine rings is 1. The number of hydrogen-bond donors (Lipinski definition) is 1. The minimum Gasteiger partial charge on any atom is -0.341 e. The topological polar surface area (TPSA) is 46.3 Å². The maximum absolute atomic E-state index is 11.8. The van der Waals surface area contributed by atoms with E-state index in [-0.39, 0.29) is 17.4 Å². The Balaban J connectivity index is 2.61. The molecule has 1 aliphatic rings. The molecular weight excluding hydrogens is 188 g/mol. The van der Waals surface area contributed by atoms with E-state index < -0.39 is 0 Å². The van der Waals surface area contributed by atoms with Gasteiger partial charge in [-0.05, 0) is 24.2 Å². The number of carbonyl (C=O) groups excluding carboxylic acids is 1. The Morgan fingerprint density at radius 1 is 1.53 bits per heavy atom. The van der Waals surface area contributed by atoms with Crippen LogP contribution in [0.2, 0.25) is 0 Å². The molecule has 0 bridgehead atoms. The van der Waals surface area contributed by atoms with Crippen LogP contribution in [0.3, 0.4) is 0 Å². The van der Waals surface area contributed by atoms with Crippen molar-refractivity contribution in [1.29, 1.82) is 0 Å². The van der Waals surface area contributed by atoms with Gasteiger partial charge in [0.05, 0.1) is 6.04 Å². The Morgan fingerprint density at radius 2 is 2.13 bits per heavy atom. The van der Waals surface area contributed by atoms with Crippen LogP contribution in [0.15, 0.2) is 0 Å². The normalized spacial score (nSPS) is 23.7. The van der Waals surface area contributed by atoms with Crippen molar-refractivity contribution in [3.63, 3.8) is 0 Å². The summed E-state index contributed by atoms with van der Waals surface area (Å²) in [6, 6.07) is -0.262. The van der Waals surface area contributed by atoms with E-state index in [4.69, 9.17) is 5.73 Å². The van der Waals surface area contributed by atoms with Crippen molar-refractivity contribution in [2.24, 2.45) is 17.1 Å². The highest BCUT2D eigenvalue weighted by Gasteiger charge is 2.31. The quantitative estimate of drug-likeness (QED) is 0.772. The molecule has 3 nitrogen and oxygen atoms in total. The lowest BCUT2D eigenvalue weighted by Crippen LogP contribution is -2.51. The third-order valence-electron chi connectivity index (χ3n) is 3.73. The predicted octanol–water partition coefficient (Wildman–Crippen LogP) is 1.62. The molecule has 1 rings (SSSR count). The zero-order valence-electron chi connectivity index (χ0n) is 10.4. The monoisotopic (exact) mass is 212 g/mol. The standard InChI is InChI=1S/C12H24N2O/c1-9(2)12(3,4)8-14-7-5-6-10(13)11(14)15/h9-10H,5-8,13H2,1-4H3. The van der Waals surface area contributed by atoms with E-state index in [1.54, 1.807) is 0 Å². The second kappa shape index (κ2) is 4.52. The van der Waals surface area contributed by atoms with Gasteiger partial charge in [0.25, 0.3) is 0 Å². The third-order valence-corrected chi connectivity index (χ3v) is 3.73. The number of hydrogen-bond acceptors (Lipinski definition) is 2. The molecule has 1 fully saturated rings. The highest BCUT2D eigenvalue weighted by atomic mass is 16.2. The van der Waals surface area contributed by atoms with Crippen LogP contribution in [0.4, 0.5) is 0 Å². The smallest absolute Gasteiger partial charge is 0.239 e. The van der Waals surface area contributed by atoms with Crippen molar-refractivity contribution in [2.75, 3.05) is 13.1 Å². The number of amides is 1. The van der Waals surface area contributed by atoms with Crippen molar-refractivity contribution < 1.29 is 4.79 Å². The van der Waals surface area contributed by atoms with Crippen LogP contribution in [0.1, 0.15) is 40.5 Å². The number of rotatable bonds is 3. The lowest BCUT2D eigenvalue weighted by Gasteiger charge is -2.39. The average molecular weight is 212 g/mol. The van der Waals surface area contributed by atoms with E-state index in [9.17, 15) is 4.79 Å². The Labute approximate surface area is 93.0 Å². The van der Waals surface area contributed by atoms with Gasteiger partial charge >= 0.3 is 0 Å². The number of nitrogens with two attached hydrogens (primary N) is 1. The molecule has 1 unspecified atom stereocenters. The van der Waals surface area contributed by atoms with E-state index in [1.165, 1.54) is 0 Å². The zero-order chi connectivity index (χ0) is 11.6. The van der Waals surface area contributed by atoms with Crippen molar-refractivity contribution in [2.45, 2.75) is 46.6 Å². The summed E-state index contributed by atoms with van der Waals surface area (Å²) >= 11 is 0. The molecule has 1 saturated heterocycles. The molecule has 0 radical (unpaired) electrons. The van der Waals surface area contributed by atoms with Crippen molar-refractivity contribution in [1.82, 2.24) is 4.90 Å². The van der Waals surface area contributed by atoms with Gasteiger partial charge in [0.2, 0.25) is 5.91 Å². The van der Waals surface area contributed by atoms with Crippen LogP contribution >= 0.6 is 0 Å². The SMILES string of the molecule is CC(C)C(C)(C)CN1CCCC(N)C1=O. The summed E-state index contributed by atoms with van der Waals surface area (Å²) in [7, 11) is 0. The largest absolute Gasteiger partial charge is 0.341 e. The van der Waals surface area contributed by atoms with Gasteiger partial charge < -0.3 is 10.6 Å². The van der Waals surface area contributed by atoms with Gasteiger partial charge in [-0.25, -0.2) is 0 Å². The van der Waals surface area contributed by atoms with Crippen LogP contribution in [0.5, 0.6) is 0 Å². The van der Waals surface area contributed by atoms with Gasteiger partial charge in [-0.2, -0.15) is 0 Å². The van der Waals surface area contributed by atoms with Gasteiger partial charge in [-0.3, -0.25) is 4.79 Å². The molecule has 1 amide bonds. The van der Waals surface area contributed by atoms with Gasteiger partial charge in [-0.1, -0.05) is 27.7 Å². The summed E-state index contributed by atoms with van der Waals surface area (Å²) in [5.74, 6) is 0.707. The fourth-order valence-electron chi connectivity index (χ4n) is 1.80. The van der Waals surface area contributed by atoms with Crippen LogP contribution in [0.25, 0.3) is 0 Å². The first kappa shape index (κ1) is 12.5. The third kappa shape index (κ3) is 2.94. The minimum absolute atomic E-state index is 0.134. The fourth-order valence-corrected chi connectivity index (χ4v) is 1.80. The number of nitrogens with zero attached hydrogens (tertiary/aromatic N) is 1. The van der Waals surface area contributed by atoms with E-state index >= 15 is 0 Å². The molecular formula is C12H24N2O. The van der Waals surface area contributed by atoms with Crippen LogP contribution in [0, 0.1) is 11.3 Å². The summed E-state index contributed by atoms with van der Waals surface area (Å²) in [6.07, 6.45) is 1.89. The predicted molar refractivity (Wildman–Crippen MR) is 62.4 cm³/mol. The Hall–Kier alpha value is -0.570. The Bertz CT molecular complexity index is 236. The summed E-state index contributed by atoms with van der Waals surface area (Å²) in [5.41, 5.74) is 5.95. The molecule has 1 heterocycles. The first-order chi connectivity index (χ1) is 6.84. The van der Waals surface area contributed by atoms with Crippen LogP contribution < -0.4 is 5.73 Å². The molecule has 88 valence electrons. The second-order valence-electron chi connectivity index (χ2n) is 5.65. The lowest BCUT2D eigenvalue weighted by atomic mass is 9.80. The van der Waals surface area contributed by atoms with E-state index in [0.717, 1.165) is 25.9 Å². The average Bonchev–Trinajstić information content (AvgIpc) is 2.12. The van der Waals surface area contributed by atoms with Crippen LogP contribution in [-0.2, 0) is 4.79 Å². The Kier molecular flexibility index (Phi) is 3.77. The van der Waals surface area contributed by atoms with E-state index in [0.29, 0.717) is 5.92 Å². The van der Waals surface area contributed by atoms with Gasteiger partial charge in [0, 0.05) is 13.1 Å². The fraction of sp³-hybridized carbons (Fsp3) is 0.917.